The van der Waals surface area contributed by atoms with Crippen molar-refractivity contribution in [1.29, 1.82) is 0 Å². The highest BCUT2D eigenvalue weighted by Gasteiger charge is 2.36. The molecule has 8 nitrogen and oxygen atoms in total. The zero-order valence-corrected chi connectivity index (χ0v) is 21.9. The van der Waals surface area contributed by atoms with Gasteiger partial charge >= 0.3 is 0 Å². The zero-order valence-electron chi connectivity index (χ0n) is 21.2. The first-order valence-electron chi connectivity index (χ1n) is 12.3. The van der Waals surface area contributed by atoms with Gasteiger partial charge in [0.15, 0.2) is 0 Å². The van der Waals surface area contributed by atoms with Crippen LogP contribution in [0.4, 0.5) is 21.6 Å². The van der Waals surface area contributed by atoms with E-state index in [1.165, 1.54) is 16.9 Å². The maximum absolute atomic E-state index is 15.1. The summed E-state index contributed by atoms with van der Waals surface area (Å²) in [4.78, 5) is 26.8. The second kappa shape index (κ2) is 11.0. The third-order valence-electron chi connectivity index (χ3n) is 6.24. The van der Waals surface area contributed by atoms with Gasteiger partial charge in [0.25, 0.3) is 11.8 Å². The van der Waals surface area contributed by atoms with Crippen LogP contribution in [0.3, 0.4) is 0 Å². The number of nitrogens with zero attached hydrogens (tertiary/aromatic N) is 2. The summed E-state index contributed by atoms with van der Waals surface area (Å²) in [6.07, 6.45) is 1.40. The molecule has 4 aromatic rings. The number of carbonyl (C=O) groups excluding carboxylic acids is 2. The molecule has 39 heavy (non-hydrogen) atoms. The van der Waals surface area contributed by atoms with Gasteiger partial charge in [-0.1, -0.05) is 29.8 Å². The Bertz CT molecular complexity index is 1560. The maximum atomic E-state index is 15.1. The number of anilines is 3. The third kappa shape index (κ3) is 5.35. The molecule has 0 spiro atoms. The second-order valence-electron chi connectivity index (χ2n) is 8.81. The van der Waals surface area contributed by atoms with E-state index in [1.807, 2.05) is 6.92 Å². The highest BCUT2D eigenvalue weighted by Crippen LogP contribution is 2.39. The standard InChI is InChI=1S/C29H25ClFN5O3/c1-3-39-21-14-12-20(13-15-21)34-28(37)23-16-32-36-26(22-6-4-5-7-24(22)31)25(17(2)33-27(23)36)29(38)35-19-10-8-18(30)9-11-19/h4-16,26,33H,3H2,1-2H3,(H,34,37)(H,35,38)/t26-/m0/s1. The first kappa shape index (κ1) is 26.0. The molecule has 2 heterocycles. The first-order valence-corrected chi connectivity index (χ1v) is 12.6. The van der Waals surface area contributed by atoms with Gasteiger partial charge < -0.3 is 20.7 Å². The second-order valence-corrected chi connectivity index (χ2v) is 9.25. The number of fused-ring (bicyclic) bond motifs is 1. The largest absolute Gasteiger partial charge is 0.494 e. The number of rotatable bonds is 7. The number of hydrogen-bond acceptors (Lipinski definition) is 5. The van der Waals surface area contributed by atoms with Crippen molar-refractivity contribution in [3.63, 3.8) is 0 Å². The molecule has 3 aromatic carbocycles. The quantitative estimate of drug-likeness (QED) is 0.255. The van der Waals surface area contributed by atoms with Crippen LogP contribution in [0.1, 0.15) is 35.8 Å². The number of hydrogen-bond donors (Lipinski definition) is 3. The Balaban J connectivity index is 1.50. The van der Waals surface area contributed by atoms with E-state index in [-0.39, 0.29) is 16.7 Å². The zero-order chi connectivity index (χ0) is 27.5. The van der Waals surface area contributed by atoms with Gasteiger partial charge in [-0.15, -0.1) is 0 Å². The van der Waals surface area contributed by atoms with Crippen molar-refractivity contribution in [2.24, 2.45) is 0 Å². The van der Waals surface area contributed by atoms with Crippen LogP contribution in [0, 0.1) is 5.82 Å². The lowest BCUT2D eigenvalue weighted by atomic mass is 9.94. The maximum Gasteiger partial charge on any atom is 0.261 e. The van der Waals surface area contributed by atoms with Crippen molar-refractivity contribution < 1.29 is 18.7 Å². The first-order chi connectivity index (χ1) is 18.9. The van der Waals surface area contributed by atoms with E-state index >= 15 is 4.39 Å². The minimum Gasteiger partial charge on any atom is -0.494 e. The number of benzene rings is 3. The minimum atomic E-state index is -0.929. The predicted octanol–water partition coefficient (Wildman–Crippen LogP) is 6.25. The molecule has 0 saturated heterocycles. The summed E-state index contributed by atoms with van der Waals surface area (Å²) in [6, 6.07) is 18.9. The van der Waals surface area contributed by atoms with Crippen LogP contribution < -0.4 is 20.7 Å². The van der Waals surface area contributed by atoms with Gasteiger partial charge in [-0.3, -0.25) is 9.59 Å². The molecule has 0 bridgehead atoms. The molecule has 0 fully saturated rings. The minimum absolute atomic E-state index is 0.238. The number of halogens is 2. The molecular formula is C29H25ClFN5O3. The summed E-state index contributed by atoms with van der Waals surface area (Å²) in [5, 5.41) is 13.8. The third-order valence-corrected chi connectivity index (χ3v) is 6.49. The Kier molecular flexibility index (Phi) is 7.33. The van der Waals surface area contributed by atoms with Crippen molar-refractivity contribution in [1.82, 2.24) is 9.78 Å². The van der Waals surface area contributed by atoms with E-state index in [1.54, 1.807) is 73.7 Å². The Morgan fingerprint density at radius 1 is 1.00 bits per heavy atom. The van der Waals surface area contributed by atoms with Gasteiger partial charge in [-0.2, -0.15) is 5.10 Å². The average Bonchev–Trinajstić information content (AvgIpc) is 3.34. The van der Waals surface area contributed by atoms with E-state index in [9.17, 15) is 9.59 Å². The molecule has 1 aromatic heterocycles. The van der Waals surface area contributed by atoms with Gasteiger partial charge in [0.1, 0.15) is 29.0 Å². The molecule has 2 amide bonds. The summed E-state index contributed by atoms with van der Waals surface area (Å²) >= 11 is 5.97. The fourth-order valence-corrected chi connectivity index (χ4v) is 4.56. The van der Waals surface area contributed by atoms with E-state index in [0.29, 0.717) is 40.3 Å². The number of nitrogens with one attached hydrogen (secondary N) is 3. The van der Waals surface area contributed by atoms with Crippen molar-refractivity contribution in [2.45, 2.75) is 19.9 Å². The molecule has 1 aliphatic rings. The lowest BCUT2D eigenvalue weighted by Crippen LogP contribution is -2.32. The molecular weight excluding hydrogens is 521 g/mol. The number of amides is 2. The number of carbonyl (C=O) groups is 2. The molecule has 5 rings (SSSR count). The molecule has 0 radical (unpaired) electrons. The van der Waals surface area contributed by atoms with Crippen LogP contribution in [0.15, 0.2) is 90.3 Å². The van der Waals surface area contributed by atoms with Crippen LogP contribution in [-0.4, -0.2) is 28.2 Å². The Labute approximate surface area is 229 Å². The SMILES string of the molecule is CCOc1ccc(NC(=O)c2cnn3c2NC(C)=C(C(=O)Nc2ccc(Cl)cc2)[C@@H]3c2ccccc2F)cc1. The van der Waals surface area contributed by atoms with Gasteiger partial charge in [0.05, 0.1) is 18.4 Å². The molecule has 0 unspecified atom stereocenters. The average molecular weight is 546 g/mol. The number of ether oxygens (including phenoxy) is 1. The van der Waals surface area contributed by atoms with Crippen LogP contribution in [0.2, 0.25) is 5.02 Å². The van der Waals surface area contributed by atoms with Crippen LogP contribution in [0.5, 0.6) is 5.75 Å². The molecule has 1 aliphatic heterocycles. The number of allylic oxidation sites excluding steroid dienone is 1. The van der Waals surface area contributed by atoms with Gasteiger partial charge in [-0.25, -0.2) is 9.07 Å². The van der Waals surface area contributed by atoms with E-state index in [4.69, 9.17) is 16.3 Å². The van der Waals surface area contributed by atoms with Crippen LogP contribution >= 0.6 is 11.6 Å². The lowest BCUT2D eigenvalue weighted by Gasteiger charge is -2.30. The number of aromatic nitrogens is 2. The van der Waals surface area contributed by atoms with E-state index in [2.05, 4.69) is 21.0 Å². The predicted molar refractivity (Wildman–Crippen MR) is 149 cm³/mol. The van der Waals surface area contributed by atoms with Crippen molar-refractivity contribution in [3.8, 4) is 5.75 Å². The fraction of sp³-hybridized carbons (Fsp3) is 0.138. The Hall–Kier alpha value is -4.63. The summed E-state index contributed by atoms with van der Waals surface area (Å²) in [5.41, 5.74) is 2.28. The van der Waals surface area contributed by atoms with Crippen LogP contribution in [-0.2, 0) is 4.79 Å². The summed E-state index contributed by atoms with van der Waals surface area (Å²) in [7, 11) is 0. The lowest BCUT2D eigenvalue weighted by molar-refractivity contribution is -0.113. The molecule has 10 heteroatoms. The van der Waals surface area contributed by atoms with Gasteiger partial charge in [0.2, 0.25) is 0 Å². The topological polar surface area (TPSA) is 97.3 Å². The molecule has 198 valence electrons. The van der Waals surface area contributed by atoms with E-state index < -0.39 is 23.7 Å². The van der Waals surface area contributed by atoms with Gasteiger partial charge in [0, 0.05) is 27.7 Å². The highest BCUT2D eigenvalue weighted by molar-refractivity contribution is 6.30. The van der Waals surface area contributed by atoms with Crippen molar-refractivity contribution >= 4 is 40.6 Å². The molecule has 0 aliphatic carbocycles. The monoisotopic (exact) mass is 545 g/mol. The smallest absolute Gasteiger partial charge is 0.261 e. The fourth-order valence-electron chi connectivity index (χ4n) is 4.43. The normalized spacial score (nSPS) is 14.3. The van der Waals surface area contributed by atoms with Crippen molar-refractivity contribution in [2.75, 3.05) is 22.6 Å². The van der Waals surface area contributed by atoms with Gasteiger partial charge in [-0.05, 0) is 68.4 Å². The Morgan fingerprint density at radius 2 is 1.64 bits per heavy atom. The van der Waals surface area contributed by atoms with Crippen LogP contribution in [0.25, 0.3) is 0 Å². The molecule has 3 N–H and O–H groups in total. The summed E-state index contributed by atoms with van der Waals surface area (Å²) in [6.45, 7) is 4.13. The Morgan fingerprint density at radius 3 is 2.31 bits per heavy atom. The van der Waals surface area contributed by atoms with Crippen molar-refractivity contribution in [3.05, 3.63) is 112 Å². The highest BCUT2D eigenvalue weighted by atomic mass is 35.5. The summed E-state index contributed by atoms with van der Waals surface area (Å²) < 4.78 is 22.0. The molecule has 0 saturated carbocycles. The summed E-state index contributed by atoms with van der Waals surface area (Å²) in [5.74, 6) is -0.333. The van der Waals surface area contributed by atoms with E-state index in [0.717, 1.165) is 0 Å². The molecule has 1 atom stereocenters.